The number of hydrogen-bond donors (Lipinski definition) is 1. The van der Waals surface area contributed by atoms with Crippen LogP contribution >= 0.6 is 11.8 Å². The molecule has 4 aromatic rings. The van der Waals surface area contributed by atoms with Crippen molar-refractivity contribution in [3.8, 4) is 28.3 Å². The zero-order valence-corrected chi connectivity index (χ0v) is 27.0. The molecule has 5 nitrogen and oxygen atoms in total. The van der Waals surface area contributed by atoms with E-state index in [1.54, 1.807) is 7.11 Å². The smallest absolute Gasteiger partial charge is 0.119 e. The van der Waals surface area contributed by atoms with Gasteiger partial charge in [-0.2, -0.15) is 11.8 Å². The number of imidazole rings is 1. The fourth-order valence-electron chi connectivity index (χ4n) is 5.77. The number of methoxy groups -OCH3 is 1. The molecule has 0 aliphatic carbocycles. The van der Waals surface area contributed by atoms with Gasteiger partial charge in [0.05, 0.1) is 18.5 Å². The zero-order chi connectivity index (χ0) is 29.6. The van der Waals surface area contributed by atoms with Gasteiger partial charge in [-0.15, -0.1) is 0 Å². The number of fused-ring (bicyclic) bond motifs is 1. The first-order valence-electron chi connectivity index (χ1n) is 14.9. The van der Waals surface area contributed by atoms with Crippen LogP contribution in [0.25, 0.3) is 33.3 Å². The van der Waals surface area contributed by atoms with Crippen molar-refractivity contribution in [1.29, 1.82) is 0 Å². The van der Waals surface area contributed by atoms with E-state index in [9.17, 15) is 0 Å². The van der Waals surface area contributed by atoms with E-state index in [2.05, 4.69) is 105 Å². The number of ether oxygens (including phenoxy) is 1. The molecule has 2 aromatic carbocycles. The van der Waals surface area contributed by atoms with E-state index in [0.29, 0.717) is 17.9 Å². The van der Waals surface area contributed by atoms with Crippen LogP contribution in [0.15, 0.2) is 60.9 Å². The maximum atomic E-state index is 5.44. The lowest BCUT2D eigenvalue weighted by Gasteiger charge is -2.39. The van der Waals surface area contributed by atoms with Crippen molar-refractivity contribution < 1.29 is 4.74 Å². The molecule has 0 saturated carbocycles. The number of aromatic nitrogens is 3. The van der Waals surface area contributed by atoms with Crippen LogP contribution in [-0.4, -0.2) is 58.1 Å². The highest BCUT2D eigenvalue weighted by atomic mass is 32.2. The van der Waals surface area contributed by atoms with Gasteiger partial charge in [-0.25, -0.2) is 4.98 Å². The zero-order valence-electron chi connectivity index (χ0n) is 26.2. The summed E-state index contributed by atoms with van der Waals surface area (Å²) >= 11 is 1.95. The van der Waals surface area contributed by atoms with Crippen molar-refractivity contribution >= 4 is 22.5 Å². The molecule has 2 heterocycles. The number of nitrogens with zero attached hydrogens (tertiary/aromatic N) is 3. The third-order valence-corrected chi connectivity index (χ3v) is 8.39. The average Bonchev–Trinajstić information content (AvgIpc) is 3.41. The molecule has 0 aliphatic heterocycles. The van der Waals surface area contributed by atoms with E-state index < -0.39 is 0 Å². The Balaban J connectivity index is 1.75. The van der Waals surface area contributed by atoms with Gasteiger partial charge in [-0.3, -0.25) is 9.88 Å². The summed E-state index contributed by atoms with van der Waals surface area (Å²) in [6.45, 7) is 16.1. The van der Waals surface area contributed by atoms with E-state index in [-0.39, 0.29) is 5.41 Å². The summed E-state index contributed by atoms with van der Waals surface area (Å²) in [7, 11) is 1.71. The SMILES string of the molecule is COc1ccc2cc(-c3nc(C(C)(C)CN(CC(C)C)C(CCSC)CC(C)C)[nH]c3-c3ccncc3)ccc2c1. The van der Waals surface area contributed by atoms with Crippen LogP contribution < -0.4 is 4.74 Å². The molecule has 0 saturated heterocycles. The maximum absolute atomic E-state index is 5.44. The van der Waals surface area contributed by atoms with Gasteiger partial charge >= 0.3 is 0 Å². The highest BCUT2D eigenvalue weighted by Crippen LogP contribution is 2.36. The maximum Gasteiger partial charge on any atom is 0.119 e. The highest BCUT2D eigenvalue weighted by molar-refractivity contribution is 7.98. The second-order valence-electron chi connectivity index (χ2n) is 12.7. The average molecular weight is 573 g/mol. The number of H-pyrrole nitrogens is 1. The molecule has 4 rings (SSSR count). The minimum atomic E-state index is -0.173. The predicted molar refractivity (Wildman–Crippen MR) is 177 cm³/mol. The third-order valence-electron chi connectivity index (χ3n) is 7.75. The highest BCUT2D eigenvalue weighted by Gasteiger charge is 2.32. The van der Waals surface area contributed by atoms with Gasteiger partial charge in [0.25, 0.3) is 0 Å². The molecule has 1 unspecified atom stereocenters. The van der Waals surface area contributed by atoms with Crippen LogP contribution in [0.5, 0.6) is 5.75 Å². The first kappa shape index (κ1) is 31.1. The summed E-state index contributed by atoms with van der Waals surface area (Å²) in [5.74, 6) is 4.35. The van der Waals surface area contributed by atoms with Gasteiger partial charge in [-0.1, -0.05) is 59.7 Å². The summed E-state index contributed by atoms with van der Waals surface area (Å²) in [6.07, 6.45) is 8.36. The topological polar surface area (TPSA) is 54.0 Å². The van der Waals surface area contributed by atoms with Crippen LogP contribution in [0.4, 0.5) is 0 Å². The number of rotatable bonds is 14. The summed E-state index contributed by atoms with van der Waals surface area (Å²) in [6, 6.07) is 17.5. The van der Waals surface area contributed by atoms with E-state index in [1.165, 1.54) is 24.0 Å². The Morgan fingerprint density at radius 1 is 0.927 bits per heavy atom. The molecular weight excluding hydrogens is 524 g/mol. The summed E-state index contributed by atoms with van der Waals surface area (Å²) in [5.41, 5.74) is 4.04. The lowest BCUT2D eigenvalue weighted by Crippen LogP contribution is -2.46. The molecule has 2 aromatic heterocycles. The molecule has 6 heteroatoms. The number of nitrogens with one attached hydrogen (secondary N) is 1. The molecule has 0 radical (unpaired) electrons. The molecule has 0 spiro atoms. The Kier molecular flexibility index (Phi) is 10.5. The number of benzene rings is 2. The molecule has 0 amide bonds. The Morgan fingerprint density at radius 2 is 1.63 bits per heavy atom. The molecule has 220 valence electrons. The first-order valence-corrected chi connectivity index (χ1v) is 16.3. The normalized spacial score (nSPS) is 13.0. The second kappa shape index (κ2) is 13.9. The van der Waals surface area contributed by atoms with E-state index in [0.717, 1.165) is 52.6 Å². The molecule has 1 atom stereocenters. The van der Waals surface area contributed by atoms with Gasteiger partial charge in [-0.05, 0) is 77.8 Å². The van der Waals surface area contributed by atoms with Crippen molar-refractivity contribution in [2.45, 2.75) is 65.8 Å². The van der Waals surface area contributed by atoms with Crippen molar-refractivity contribution in [3.05, 3.63) is 66.7 Å². The molecule has 0 aliphatic rings. The lowest BCUT2D eigenvalue weighted by molar-refractivity contribution is 0.122. The molecule has 0 fully saturated rings. The van der Waals surface area contributed by atoms with Crippen molar-refractivity contribution in [2.24, 2.45) is 11.8 Å². The Hall–Kier alpha value is -2.83. The van der Waals surface area contributed by atoms with Crippen LogP contribution in [0.2, 0.25) is 0 Å². The van der Waals surface area contributed by atoms with Crippen molar-refractivity contribution in [3.63, 3.8) is 0 Å². The molecule has 0 bridgehead atoms. The number of thioether (sulfide) groups is 1. The van der Waals surface area contributed by atoms with E-state index in [1.807, 2.05) is 30.2 Å². The van der Waals surface area contributed by atoms with Gasteiger partial charge in [0.15, 0.2) is 0 Å². The quantitative estimate of drug-likeness (QED) is 0.164. The monoisotopic (exact) mass is 572 g/mol. The van der Waals surface area contributed by atoms with Gasteiger partial charge in [0, 0.05) is 48.1 Å². The van der Waals surface area contributed by atoms with E-state index >= 15 is 0 Å². The van der Waals surface area contributed by atoms with E-state index in [4.69, 9.17) is 9.72 Å². The second-order valence-corrected chi connectivity index (χ2v) is 13.7. The largest absolute Gasteiger partial charge is 0.497 e. The standard InChI is InChI=1S/C35H48N4OS/c1-24(2)19-30(15-18-41-8)39(22-25(3)4)23-35(5,6)34-37-32(26-13-16-36-17-14-26)33(38-34)29-10-9-28-21-31(40-7)12-11-27(28)20-29/h9-14,16-17,20-21,24-25,30H,15,18-19,22-23H2,1-8H3,(H,37,38). The minimum absolute atomic E-state index is 0.173. The fraction of sp³-hybridized carbons (Fsp3) is 0.486. The van der Waals surface area contributed by atoms with Crippen molar-refractivity contribution in [2.75, 3.05) is 32.2 Å². The Morgan fingerprint density at radius 3 is 2.29 bits per heavy atom. The van der Waals surface area contributed by atoms with Crippen molar-refractivity contribution in [1.82, 2.24) is 19.9 Å². The third kappa shape index (κ3) is 7.92. The predicted octanol–water partition coefficient (Wildman–Crippen LogP) is 8.70. The van der Waals surface area contributed by atoms with Gasteiger partial charge < -0.3 is 9.72 Å². The molecule has 41 heavy (non-hydrogen) atoms. The van der Waals surface area contributed by atoms with Gasteiger partial charge in [0.1, 0.15) is 11.6 Å². The first-order chi connectivity index (χ1) is 19.6. The fourth-order valence-corrected chi connectivity index (χ4v) is 6.28. The van der Waals surface area contributed by atoms with Gasteiger partial charge in [0.2, 0.25) is 0 Å². The van der Waals surface area contributed by atoms with Crippen LogP contribution in [0, 0.1) is 11.8 Å². The Bertz CT molecular complexity index is 1400. The number of aromatic amines is 1. The molecular formula is C35H48N4OS. The van der Waals surface area contributed by atoms with Crippen LogP contribution in [0.3, 0.4) is 0 Å². The summed E-state index contributed by atoms with van der Waals surface area (Å²) < 4.78 is 5.44. The summed E-state index contributed by atoms with van der Waals surface area (Å²) in [5, 5.41) is 2.32. The lowest BCUT2D eigenvalue weighted by atomic mass is 9.89. The minimum Gasteiger partial charge on any atom is -0.497 e. The van der Waals surface area contributed by atoms with Crippen LogP contribution in [0.1, 0.15) is 60.2 Å². The molecule has 1 N–H and O–H groups in total. The number of pyridine rings is 1. The summed E-state index contributed by atoms with van der Waals surface area (Å²) in [4.78, 5) is 16.2. The number of hydrogen-bond acceptors (Lipinski definition) is 5. The Labute approximate surface area is 251 Å². The van der Waals surface area contributed by atoms with Crippen LogP contribution in [-0.2, 0) is 5.41 Å².